The van der Waals surface area contributed by atoms with Gasteiger partial charge in [-0.15, -0.1) is 11.3 Å². The molecule has 1 aromatic heterocycles. The van der Waals surface area contributed by atoms with E-state index < -0.39 is 0 Å². The number of rotatable bonds is 2. The van der Waals surface area contributed by atoms with Crippen LogP contribution in [0.2, 0.25) is 0 Å². The molecule has 18 heavy (non-hydrogen) atoms. The van der Waals surface area contributed by atoms with Crippen molar-refractivity contribution in [2.24, 2.45) is 5.41 Å². The van der Waals surface area contributed by atoms with Crippen molar-refractivity contribution in [3.05, 3.63) is 29.1 Å². The molecule has 0 spiro atoms. The van der Waals surface area contributed by atoms with Gasteiger partial charge in [0.1, 0.15) is 5.75 Å². The van der Waals surface area contributed by atoms with Crippen LogP contribution in [0.1, 0.15) is 44.6 Å². The van der Waals surface area contributed by atoms with E-state index >= 15 is 0 Å². The molecule has 1 aliphatic rings. The highest BCUT2D eigenvalue weighted by Crippen LogP contribution is 2.51. The first-order valence-corrected chi connectivity index (χ1v) is 7.55. The minimum atomic E-state index is 0.452. The van der Waals surface area contributed by atoms with E-state index in [1.807, 2.05) is 11.3 Å². The molecular weight excluding hydrogens is 240 g/mol. The second-order valence-electron chi connectivity index (χ2n) is 5.99. The van der Waals surface area contributed by atoms with Gasteiger partial charge in [0.05, 0.1) is 7.11 Å². The molecule has 0 radical (unpaired) electrons. The maximum Gasteiger partial charge on any atom is 0.120 e. The molecule has 1 heterocycles. The summed E-state index contributed by atoms with van der Waals surface area (Å²) in [5.74, 6) is 1.68. The first kappa shape index (κ1) is 12.0. The fourth-order valence-electron chi connectivity index (χ4n) is 3.33. The number of hydrogen-bond acceptors (Lipinski definition) is 2. The van der Waals surface area contributed by atoms with Gasteiger partial charge in [-0.2, -0.15) is 0 Å². The van der Waals surface area contributed by atoms with Crippen LogP contribution in [0.4, 0.5) is 0 Å². The lowest BCUT2D eigenvalue weighted by atomic mass is 9.78. The Bertz CT molecular complexity index is 567. The molecule has 0 saturated heterocycles. The van der Waals surface area contributed by atoms with Crippen LogP contribution in [0.25, 0.3) is 10.1 Å². The maximum atomic E-state index is 5.30. The third-order valence-corrected chi connectivity index (χ3v) is 5.41. The molecule has 1 atom stereocenters. The molecule has 0 amide bonds. The lowest BCUT2D eigenvalue weighted by Crippen LogP contribution is -2.14. The molecular formula is C16H20OS. The molecule has 1 unspecified atom stereocenters. The smallest absolute Gasteiger partial charge is 0.120 e. The molecule has 1 nitrogen and oxygen atoms in total. The summed E-state index contributed by atoms with van der Waals surface area (Å²) in [6.07, 6.45) is 4.06. The zero-order valence-corrected chi connectivity index (χ0v) is 12.1. The van der Waals surface area contributed by atoms with Gasteiger partial charge in [-0.25, -0.2) is 0 Å². The highest BCUT2D eigenvalue weighted by Gasteiger charge is 2.36. The van der Waals surface area contributed by atoms with Crippen molar-refractivity contribution in [3.63, 3.8) is 0 Å². The monoisotopic (exact) mass is 260 g/mol. The van der Waals surface area contributed by atoms with Gasteiger partial charge in [0, 0.05) is 4.70 Å². The Morgan fingerprint density at radius 2 is 2.17 bits per heavy atom. The third-order valence-electron chi connectivity index (χ3n) is 4.45. The van der Waals surface area contributed by atoms with Gasteiger partial charge in [0.2, 0.25) is 0 Å². The summed E-state index contributed by atoms with van der Waals surface area (Å²) in [7, 11) is 1.73. The summed E-state index contributed by atoms with van der Waals surface area (Å²) in [6.45, 7) is 4.83. The van der Waals surface area contributed by atoms with Crippen LogP contribution in [-0.2, 0) is 0 Å². The van der Waals surface area contributed by atoms with E-state index in [1.54, 1.807) is 12.7 Å². The Labute approximate surface area is 113 Å². The van der Waals surface area contributed by atoms with Gasteiger partial charge < -0.3 is 4.74 Å². The Morgan fingerprint density at radius 3 is 2.83 bits per heavy atom. The van der Waals surface area contributed by atoms with Gasteiger partial charge in [-0.05, 0) is 58.7 Å². The van der Waals surface area contributed by atoms with Crippen LogP contribution in [-0.4, -0.2) is 7.11 Å². The number of hydrogen-bond donors (Lipinski definition) is 0. The molecule has 1 aliphatic carbocycles. The summed E-state index contributed by atoms with van der Waals surface area (Å²) >= 11 is 1.85. The topological polar surface area (TPSA) is 9.23 Å². The predicted octanol–water partition coefficient (Wildman–Crippen LogP) is 5.20. The summed E-state index contributed by atoms with van der Waals surface area (Å²) in [6, 6.07) is 6.47. The predicted molar refractivity (Wildman–Crippen MR) is 78.8 cm³/mol. The highest BCUT2D eigenvalue weighted by molar-refractivity contribution is 7.17. The fourth-order valence-corrected chi connectivity index (χ4v) is 4.37. The first-order chi connectivity index (χ1) is 8.62. The average Bonchev–Trinajstić information content (AvgIpc) is 2.90. The largest absolute Gasteiger partial charge is 0.497 e. The standard InChI is InChI=1S/C16H20OS/c1-16(2)8-4-5-14(16)13-10-18-15-9-11(17-3)6-7-12(13)15/h6-7,9-10,14H,4-5,8H2,1-3H3. The molecule has 1 aromatic carbocycles. The number of benzene rings is 1. The van der Waals surface area contributed by atoms with Crippen molar-refractivity contribution >= 4 is 21.4 Å². The molecule has 3 rings (SSSR count). The zero-order chi connectivity index (χ0) is 12.8. The van der Waals surface area contributed by atoms with Crippen molar-refractivity contribution in [3.8, 4) is 5.75 Å². The second kappa shape index (κ2) is 4.27. The zero-order valence-electron chi connectivity index (χ0n) is 11.3. The van der Waals surface area contributed by atoms with Gasteiger partial charge >= 0.3 is 0 Å². The van der Waals surface area contributed by atoms with Gasteiger partial charge in [-0.3, -0.25) is 0 Å². The third kappa shape index (κ3) is 1.83. The van der Waals surface area contributed by atoms with E-state index in [0.29, 0.717) is 5.41 Å². The Morgan fingerprint density at radius 1 is 1.33 bits per heavy atom. The van der Waals surface area contributed by atoms with E-state index in [0.717, 1.165) is 11.7 Å². The lowest BCUT2D eigenvalue weighted by molar-refractivity contribution is 0.334. The Kier molecular flexibility index (Phi) is 2.86. The molecule has 0 aliphatic heterocycles. The fraction of sp³-hybridized carbons (Fsp3) is 0.500. The maximum absolute atomic E-state index is 5.30. The molecule has 0 bridgehead atoms. The van der Waals surface area contributed by atoms with Crippen LogP contribution in [0.3, 0.4) is 0 Å². The minimum Gasteiger partial charge on any atom is -0.497 e. The van der Waals surface area contributed by atoms with E-state index in [1.165, 1.54) is 29.3 Å². The average molecular weight is 260 g/mol. The quantitative estimate of drug-likeness (QED) is 0.720. The van der Waals surface area contributed by atoms with E-state index in [4.69, 9.17) is 4.74 Å². The molecule has 1 fully saturated rings. The van der Waals surface area contributed by atoms with Crippen molar-refractivity contribution in [2.75, 3.05) is 7.11 Å². The normalized spacial score (nSPS) is 22.5. The molecule has 2 heteroatoms. The summed E-state index contributed by atoms with van der Waals surface area (Å²) in [4.78, 5) is 0. The number of fused-ring (bicyclic) bond motifs is 1. The van der Waals surface area contributed by atoms with Crippen molar-refractivity contribution in [2.45, 2.75) is 39.0 Å². The Balaban J connectivity index is 2.08. The molecule has 0 N–H and O–H groups in total. The van der Waals surface area contributed by atoms with Gasteiger partial charge in [0.25, 0.3) is 0 Å². The number of ether oxygens (including phenoxy) is 1. The summed E-state index contributed by atoms with van der Waals surface area (Å²) in [5.41, 5.74) is 2.01. The van der Waals surface area contributed by atoms with Gasteiger partial charge in [0.15, 0.2) is 0 Å². The summed E-state index contributed by atoms with van der Waals surface area (Å²) < 4.78 is 6.66. The second-order valence-corrected chi connectivity index (χ2v) is 6.90. The van der Waals surface area contributed by atoms with Crippen LogP contribution in [0, 0.1) is 5.41 Å². The van der Waals surface area contributed by atoms with E-state index in [-0.39, 0.29) is 0 Å². The van der Waals surface area contributed by atoms with E-state index in [9.17, 15) is 0 Å². The first-order valence-electron chi connectivity index (χ1n) is 6.67. The SMILES string of the molecule is COc1ccc2c(C3CCCC3(C)C)csc2c1. The van der Waals surface area contributed by atoms with Crippen LogP contribution in [0.5, 0.6) is 5.75 Å². The Hall–Kier alpha value is -1.02. The number of thiophene rings is 1. The van der Waals surface area contributed by atoms with Crippen LogP contribution in [0.15, 0.2) is 23.6 Å². The van der Waals surface area contributed by atoms with E-state index in [2.05, 4.69) is 37.4 Å². The van der Waals surface area contributed by atoms with Crippen LogP contribution >= 0.6 is 11.3 Å². The molecule has 96 valence electrons. The lowest BCUT2D eigenvalue weighted by Gasteiger charge is -2.26. The minimum absolute atomic E-state index is 0.452. The van der Waals surface area contributed by atoms with Gasteiger partial charge in [-0.1, -0.05) is 20.3 Å². The van der Waals surface area contributed by atoms with Crippen molar-refractivity contribution in [1.29, 1.82) is 0 Å². The molecule has 2 aromatic rings. The number of methoxy groups -OCH3 is 1. The molecule has 1 saturated carbocycles. The summed E-state index contributed by atoms with van der Waals surface area (Å²) in [5, 5.41) is 3.79. The highest BCUT2D eigenvalue weighted by atomic mass is 32.1. The van der Waals surface area contributed by atoms with Crippen molar-refractivity contribution in [1.82, 2.24) is 0 Å². The van der Waals surface area contributed by atoms with Crippen LogP contribution < -0.4 is 4.74 Å². The van der Waals surface area contributed by atoms with Crippen molar-refractivity contribution < 1.29 is 4.74 Å².